The van der Waals surface area contributed by atoms with Gasteiger partial charge < -0.3 is 4.90 Å². The highest BCUT2D eigenvalue weighted by Gasteiger charge is 2.38. The first-order chi connectivity index (χ1) is 27.5. The number of fused-ring (bicyclic) bond motifs is 7. The molecule has 0 aromatic heterocycles. The van der Waals surface area contributed by atoms with Crippen molar-refractivity contribution in [2.45, 2.75) is 38.5 Å². The summed E-state index contributed by atoms with van der Waals surface area (Å²) < 4.78 is 37.5. The number of hydrogen-bond acceptors (Lipinski definition) is 1. The quantitative estimate of drug-likeness (QED) is 0.175. The lowest BCUT2D eigenvalue weighted by molar-refractivity contribution is 0.660. The summed E-state index contributed by atoms with van der Waals surface area (Å²) in [4.78, 5) is 1.96. The summed E-state index contributed by atoms with van der Waals surface area (Å²) in [5.74, 6) is 0. The molecule has 1 heteroatoms. The van der Waals surface area contributed by atoms with Crippen molar-refractivity contribution in [2.24, 2.45) is 0 Å². The van der Waals surface area contributed by atoms with E-state index in [1.165, 1.54) is 50.1 Å². The summed E-state index contributed by atoms with van der Waals surface area (Å²) in [6.07, 6.45) is 0. The van der Waals surface area contributed by atoms with Crippen molar-refractivity contribution >= 4 is 27.8 Å². The molecule has 8 aromatic rings. The molecule has 2 aliphatic rings. The molecule has 0 saturated heterocycles. The van der Waals surface area contributed by atoms with Gasteiger partial charge in [0.05, 0.1) is 5.48 Å². The van der Waals surface area contributed by atoms with E-state index >= 15 is 0 Å². The van der Waals surface area contributed by atoms with E-state index in [1.54, 1.807) is 0 Å². The molecule has 0 aliphatic heterocycles. The molecule has 0 fully saturated rings. The topological polar surface area (TPSA) is 3.24 Å². The lowest BCUT2D eigenvalue weighted by Gasteiger charge is -2.29. The maximum absolute atomic E-state index is 9.84. The van der Waals surface area contributed by atoms with Crippen LogP contribution in [0, 0.1) is 0 Å². The summed E-state index contributed by atoms with van der Waals surface area (Å²) in [6, 6.07) is 52.2. The second-order valence-electron chi connectivity index (χ2n) is 15.5. The predicted octanol–water partition coefficient (Wildman–Crippen LogP) is 14.3. The van der Waals surface area contributed by atoms with E-state index in [-0.39, 0.29) is 40.7 Å². The maximum Gasteiger partial charge on any atom is 0.0651 e. The Kier molecular flexibility index (Phi) is 6.05. The Bertz CT molecular complexity index is 2960. The molecular weight excluding hydrogens is 639 g/mol. The molecule has 10 rings (SSSR count). The summed E-state index contributed by atoms with van der Waals surface area (Å²) in [7, 11) is 0. The molecule has 0 spiro atoms. The van der Waals surface area contributed by atoms with Gasteiger partial charge in [0.1, 0.15) is 0 Å². The van der Waals surface area contributed by atoms with Crippen molar-refractivity contribution in [1.82, 2.24) is 0 Å². The Morgan fingerprint density at radius 1 is 0.415 bits per heavy atom. The van der Waals surface area contributed by atoms with Gasteiger partial charge in [-0.2, -0.15) is 0 Å². The second-order valence-corrected chi connectivity index (χ2v) is 15.5. The summed E-state index contributed by atoms with van der Waals surface area (Å²) in [6.45, 7) is 9.11. The third kappa shape index (κ3) is 4.84. The van der Waals surface area contributed by atoms with E-state index in [0.717, 1.165) is 27.7 Å². The van der Waals surface area contributed by atoms with Crippen LogP contribution in [0.3, 0.4) is 0 Å². The summed E-state index contributed by atoms with van der Waals surface area (Å²) in [5.41, 5.74) is 14.7. The fourth-order valence-electron chi connectivity index (χ4n) is 9.05. The second kappa shape index (κ2) is 11.7. The van der Waals surface area contributed by atoms with Crippen LogP contribution in [0.5, 0.6) is 0 Å². The molecule has 0 bridgehead atoms. The first kappa shape index (κ1) is 27.5. The zero-order valence-corrected chi connectivity index (χ0v) is 30.4. The minimum absolute atomic E-state index is 0.0452. The third-order valence-electron chi connectivity index (χ3n) is 11.7. The molecule has 1 nitrogen and oxygen atoms in total. The van der Waals surface area contributed by atoms with Gasteiger partial charge in [0.25, 0.3) is 0 Å². The number of hydrogen-bond donors (Lipinski definition) is 0. The summed E-state index contributed by atoms with van der Waals surface area (Å²) in [5, 5.41) is 2.05. The minimum Gasteiger partial charge on any atom is -0.310 e. The Hall–Kier alpha value is -6.18. The van der Waals surface area contributed by atoms with Crippen LogP contribution in [-0.2, 0) is 10.8 Å². The molecule has 53 heavy (non-hydrogen) atoms. The number of nitrogens with zero attached hydrogens (tertiary/aromatic N) is 1. The highest BCUT2D eigenvalue weighted by Crippen LogP contribution is 2.53. The first-order valence-corrected chi connectivity index (χ1v) is 18.4. The van der Waals surface area contributed by atoms with Crippen molar-refractivity contribution in [3.8, 4) is 44.5 Å². The van der Waals surface area contributed by atoms with E-state index < -0.39 is 0 Å². The molecule has 0 radical (unpaired) electrons. The molecule has 254 valence electrons. The van der Waals surface area contributed by atoms with Crippen molar-refractivity contribution in [3.05, 3.63) is 198 Å². The molecule has 0 amide bonds. The zero-order valence-electron chi connectivity index (χ0n) is 34.4. The van der Waals surface area contributed by atoms with Crippen LogP contribution in [0.4, 0.5) is 17.1 Å². The number of anilines is 3. The smallest absolute Gasteiger partial charge is 0.0651 e. The van der Waals surface area contributed by atoms with Crippen molar-refractivity contribution in [2.75, 3.05) is 4.90 Å². The largest absolute Gasteiger partial charge is 0.310 e. The average molecular weight is 684 g/mol. The summed E-state index contributed by atoms with van der Waals surface area (Å²) >= 11 is 0. The Balaban J connectivity index is 1.18. The molecule has 8 aromatic carbocycles. The van der Waals surface area contributed by atoms with Gasteiger partial charge in [0.15, 0.2) is 0 Å². The van der Waals surface area contributed by atoms with Crippen LogP contribution in [0.1, 0.15) is 55.4 Å². The fourth-order valence-corrected chi connectivity index (χ4v) is 9.05. The normalized spacial score (nSPS) is 15.4. The average Bonchev–Trinajstić information content (AvgIpc) is 3.61. The van der Waals surface area contributed by atoms with E-state index in [4.69, 9.17) is 2.74 Å². The van der Waals surface area contributed by atoms with Crippen molar-refractivity contribution < 1.29 is 5.48 Å². The molecule has 2 aliphatic carbocycles. The van der Waals surface area contributed by atoms with Gasteiger partial charge in [-0.1, -0.05) is 161 Å². The van der Waals surface area contributed by atoms with Crippen LogP contribution in [0.15, 0.2) is 176 Å². The van der Waals surface area contributed by atoms with Gasteiger partial charge in [0.2, 0.25) is 0 Å². The van der Waals surface area contributed by atoms with Crippen LogP contribution in [-0.4, -0.2) is 0 Å². The number of rotatable bonds is 5. The monoisotopic (exact) mass is 683 g/mol. The molecule has 0 unspecified atom stereocenters. The van der Waals surface area contributed by atoms with E-state index in [1.807, 2.05) is 47.4 Å². The standard InChI is InChI=1S/C52H41N/c1-51(2)47-21-9-7-17-43(47)45-30-29-41(33-49(45)51)53(40-16-11-15-37(32-40)38-24-23-34-13-5-6-14-36(34)31-38)39-27-25-35(26-28-39)42-19-12-20-46-44-18-8-10-22-48(44)52(3,4)50(42)46/h5-33H,1-4H3/i11D,15D,16D,32D. The van der Waals surface area contributed by atoms with E-state index in [9.17, 15) is 2.74 Å². The third-order valence-corrected chi connectivity index (χ3v) is 11.7. The molecular formula is C52H41N. The minimum atomic E-state index is -0.273. The van der Waals surface area contributed by atoms with Crippen molar-refractivity contribution in [3.63, 3.8) is 0 Å². The van der Waals surface area contributed by atoms with E-state index in [0.29, 0.717) is 11.1 Å². The fraction of sp³-hybridized carbons (Fsp3) is 0.115. The van der Waals surface area contributed by atoms with Crippen molar-refractivity contribution in [1.29, 1.82) is 0 Å². The van der Waals surface area contributed by atoms with Gasteiger partial charge in [-0.25, -0.2) is 0 Å². The van der Waals surface area contributed by atoms with Crippen LogP contribution in [0.2, 0.25) is 0 Å². The molecule has 0 atom stereocenters. The molecule has 0 saturated carbocycles. The maximum atomic E-state index is 9.84. The zero-order chi connectivity index (χ0) is 39.4. The molecule has 0 N–H and O–H groups in total. The highest BCUT2D eigenvalue weighted by atomic mass is 15.1. The number of benzene rings is 8. The highest BCUT2D eigenvalue weighted by molar-refractivity contribution is 5.91. The Morgan fingerprint density at radius 3 is 1.81 bits per heavy atom. The SMILES string of the molecule is [2H]c1c([2H])c(-c2ccc3ccccc3c2)c([2H])c(N(c2ccc(-c3cccc4c3C(C)(C)c3ccccc3-4)cc2)c2ccc3c(c2)C(C)(C)c2ccccc2-3)c1[2H]. The lowest BCUT2D eigenvalue weighted by atomic mass is 9.79. The van der Waals surface area contributed by atoms with Crippen LogP contribution < -0.4 is 4.90 Å². The predicted molar refractivity (Wildman–Crippen MR) is 225 cm³/mol. The van der Waals surface area contributed by atoms with Gasteiger partial charge >= 0.3 is 0 Å². The van der Waals surface area contributed by atoms with E-state index in [2.05, 4.69) is 137 Å². The first-order valence-electron chi connectivity index (χ1n) is 20.4. The van der Waals surface area contributed by atoms with Crippen LogP contribution >= 0.6 is 0 Å². The van der Waals surface area contributed by atoms with Gasteiger partial charge in [0, 0.05) is 27.9 Å². The van der Waals surface area contributed by atoms with Gasteiger partial charge in [-0.3, -0.25) is 0 Å². The van der Waals surface area contributed by atoms with Gasteiger partial charge in [-0.05, 0) is 120 Å². The van der Waals surface area contributed by atoms with Gasteiger partial charge in [-0.15, -0.1) is 0 Å². The van der Waals surface area contributed by atoms with Crippen LogP contribution in [0.25, 0.3) is 55.3 Å². The lowest BCUT2D eigenvalue weighted by Crippen LogP contribution is -2.16. The Labute approximate surface area is 318 Å². The molecule has 0 heterocycles. The Morgan fingerprint density at radius 2 is 1.02 bits per heavy atom.